The van der Waals surface area contributed by atoms with Crippen molar-refractivity contribution >= 4 is 17.7 Å². The Balaban J connectivity index is 2.02. The minimum atomic E-state index is -0.722. The topological polar surface area (TPSA) is 84.9 Å². The van der Waals surface area contributed by atoms with Crippen LogP contribution in [-0.4, -0.2) is 30.9 Å². The smallest absolute Gasteiger partial charge is 0.411 e. The molecule has 176 valence electrons. The molecule has 2 N–H and O–H groups in total. The molecule has 0 saturated carbocycles. The van der Waals surface area contributed by atoms with Crippen molar-refractivity contribution in [1.82, 2.24) is 0 Å². The Labute approximate surface area is 187 Å². The van der Waals surface area contributed by atoms with E-state index in [2.05, 4.69) is 17.0 Å². The number of hydrogen-bond acceptors (Lipinski definition) is 5. The molecule has 0 spiro atoms. The van der Waals surface area contributed by atoms with Crippen LogP contribution in [0, 0.1) is 0 Å². The van der Waals surface area contributed by atoms with E-state index in [1.54, 1.807) is 0 Å². The summed E-state index contributed by atoms with van der Waals surface area (Å²) in [6.45, 7) is 2.59. The van der Waals surface area contributed by atoms with Gasteiger partial charge in [-0.2, -0.15) is 0 Å². The van der Waals surface area contributed by atoms with Crippen molar-refractivity contribution in [3.63, 3.8) is 0 Å². The van der Waals surface area contributed by atoms with Crippen LogP contribution in [0.15, 0.2) is 18.2 Å². The monoisotopic (exact) mass is 435 g/mol. The number of benzene rings is 1. The lowest BCUT2D eigenvalue weighted by Crippen LogP contribution is -2.17. The molecule has 6 heteroatoms. The van der Waals surface area contributed by atoms with Gasteiger partial charge in [0, 0.05) is 0 Å². The highest BCUT2D eigenvalue weighted by atomic mass is 16.5. The number of methoxy groups -OCH3 is 1. The second-order valence-corrected chi connectivity index (χ2v) is 8.05. The van der Waals surface area contributed by atoms with Gasteiger partial charge in [-0.1, -0.05) is 96.5 Å². The van der Waals surface area contributed by atoms with Crippen LogP contribution in [0.2, 0.25) is 0 Å². The zero-order chi connectivity index (χ0) is 22.7. The van der Waals surface area contributed by atoms with E-state index in [1.807, 2.05) is 0 Å². The number of nitrogens with one attached hydrogen (secondary N) is 1. The first-order chi connectivity index (χ1) is 15.1. The minimum Gasteiger partial charge on any atom is -0.507 e. The lowest BCUT2D eigenvalue weighted by molar-refractivity contribution is 0.0598. The first kappa shape index (κ1) is 26.8. The number of rotatable bonds is 17. The van der Waals surface area contributed by atoms with Crippen molar-refractivity contribution in [2.24, 2.45) is 0 Å². The van der Waals surface area contributed by atoms with Gasteiger partial charge < -0.3 is 14.6 Å². The summed E-state index contributed by atoms with van der Waals surface area (Å²) in [7, 11) is 1.21. The third kappa shape index (κ3) is 12.3. The molecule has 0 heterocycles. The standard InChI is InChI=1S/C25H41NO5/c1-3-4-5-6-7-8-9-10-11-12-13-14-15-16-20-31-25(29)26-21-18-17-19-22(27)23(21)24(28)30-2/h17-19,27H,3-16,20H2,1-2H3,(H,26,29). The second kappa shape index (κ2) is 17.4. The quantitative estimate of drug-likeness (QED) is 0.199. The Kier molecular flexibility index (Phi) is 15.1. The molecule has 0 saturated heterocycles. The van der Waals surface area contributed by atoms with Crippen molar-refractivity contribution in [1.29, 1.82) is 0 Å². The van der Waals surface area contributed by atoms with E-state index < -0.39 is 12.1 Å². The molecule has 0 fully saturated rings. The summed E-state index contributed by atoms with van der Waals surface area (Å²) < 4.78 is 9.82. The van der Waals surface area contributed by atoms with E-state index in [1.165, 1.54) is 95.9 Å². The lowest BCUT2D eigenvalue weighted by atomic mass is 10.0. The largest absolute Gasteiger partial charge is 0.507 e. The molecule has 0 aromatic heterocycles. The van der Waals surface area contributed by atoms with E-state index in [0.29, 0.717) is 6.61 Å². The van der Waals surface area contributed by atoms with E-state index in [4.69, 9.17) is 4.74 Å². The van der Waals surface area contributed by atoms with Crippen LogP contribution in [-0.2, 0) is 9.47 Å². The molecule has 1 aromatic carbocycles. The van der Waals surface area contributed by atoms with Gasteiger partial charge in [0.05, 0.1) is 19.4 Å². The number of ether oxygens (including phenoxy) is 2. The Morgan fingerprint density at radius 2 is 1.35 bits per heavy atom. The summed E-state index contributed by atoms with van der Waals surface area (Å²) in [5.74, 6) is -0.975. The number of phenols is 1. The lowest BCUT2D eigenvalue weighted by Gasteiger charge is -2.11. The molecule has 1 rings (SSSR count). The number of esters is 1. The molecule has 0 atom stereocenters. The zero-order valence-electron chi connectivity index (χ0n) is 19.4. The maximum Gasteiger partial charge on any atom is 0.411 e. The summed E-state index contributed by atoms with van der Waals surface area (Å²) in [5, 5.41) is 12.3. The van der Waals surface area contributed by atoms with Crippen LogP contribution in [0.5, 0.6) is 5.75 Å². The Morgan fingerprint density at radius 3 is 1.87 bits per heavy atom. The summed E-state index contributed by atoms with van der Waals surface area (Å²) >= 11 is 0. The fourth-order valence-corrected chi connectivity index (χ4v) is 3.57. The normalized spacial score (nSPS) is 10.6. The Bertz CT molecular complexity index is 632. The summed E-state index contributed by atoms with van der Waals surface area (Å²) in [4.78, 5) is 23.7. The third-order valence-electron chi connectivity index (χ3n) is 5.40. The van der Waals surface area contributed by atoms with Gasteiger partial charge >= 0.3 is 12.1 Å². The first-order valence-electron chi connectivity index (χ1n) is 11.9. The molecule has 31 heavy (non-hydrogen) atoms. The van der Waals surface area contributed by atoms with Crippen molar-refractivity contribution in [3.05, 3.63) is 23.8 Å². The summed E-state index contributed by atoms with van der Waals surface area (Å²) in [6.07, 6.45) is 17.2. The molecule has 0 unspecified atom stereocenters. The second-order valence-electron chi connectivity index (χ2n) is 8.05. The third-order valence-corrected chi connectivity index (χ3v) is 5.40. The maximum absolute atomic E-state index is 12.0. The SMILES string of the molecule is CCCCCCCCCCCCCCCCOC(=O)Nc1cccc(O)c1C(=O)OC. The summed E-state index contributed by atoms with van der Waals surface area (Å²) in [5.41, 5.74) is 0.0799. The molecule has 1 aromatic rings. The van der Waals surface area contributed by atoms with Gasteiger partial charge in [-0.3, -0.25) is 5.32 Å². The molecule has 6 nitrogen and oxygen atoms in total. The van der Waals surface area contributed by atoms with Crippen molar-refractivity contribution < 1.29 is 24.2 Å². The Morgan fingerprint density at radius 1 is 0.839 bits per heavy atom. The highest BCUT2D eigenvalue weighted by molar-refractivity contribution is 6.01. The van der Waals surface area contributed by atoms with Crippen LogP contribution in [0.3, 0.4) is 0 Å². The van der Waals surface area contributed by atoms with Crippen LogP contribution in [0.1, 0.15) is 107 Å². The minimum absolute atomic E-state index is 0.0848. The Hall–Kier alpha value is -2.24. The maximum atomic E-state index is 12.0. The zero-order valence-corrected chi connectivity index (χ0v) is 19.4. The number of aromatic hydroxyl groups is 1. The highest BCUT2D eigenvalue weighted by Crippen LogP contribution is 2.26. The predicted octanol–water partition coefficient (Wildman–Crippen LogP) is 7.21. The van der Waals surface area contributed by atoms with E-state index >= 15 is 0 Å². The number of hydrogen-bond donors (Lipinski definition) is 2. The van der Waals surface area contributed by atoms with Crippen molar-refractivity contribution in [2.75, 3.05) is 19.0 Å². The number of phenolic OH excluding ortho intramolecular Hbond substituents is 1. The van der Waals surface area contributed by atoms with E-state index in [9.17, 15) is 14.7 Å². The number of amides is 1. The van der Waals surface area contributed by atoms with Crippen LogP contribution in [0.4, 0.5) is 10.5 Å². The molecule has 0 radical (unpaired) electrons. The van der Waals surface area contributed by atoms with E-state index in [-0.39, 0.29) is 17.0 Å². The van der Waals surface area contributed by atoms with Gasteiger partial charge in [0.1, 0.15) is 11.3 Å². The molecule has 0 bridgehead atoms. The van der Waals surface area contributed by atoms with Gasteiger partial charge in [-0.25, -0.2) is 9.59 Å². The average molecular weight is 436 g/mol. The van der Waals surface area contributed by atoms with Crippen molar-refractivity contribution in [3.8, 4) is 5.75 Å². The molecular weight excluding hydrogens is 394 g/mol. The highest BCUT2D eigenvalue weighted by Gasteiger charge is 2.18. The van der Waals surface area contributed by atoms with E-state index in [0.717, 1.165) is 19.3 Å². The predicted molar refractivity (Wildman–Crippen MR) is 125 cm³/mol. The number of unbranched alkanes of at least 4 members (excludes halogenated alkanes) is 13. The molecule has 0 aliphatic carbocycles. The summed E-state index contributed by atoms with van der Waals surface area (Å²) in [6, 6.07) is 4.40. The van der Waals surface area contributed by atoms with Gasteiger partial charge in [-0.05, 0) is 18.6 Å². The number of carbonyl (C=O) groups is 2. The molecule has 0 aliphatic rings. The van der Waals surface area contributed by atoms with Crippen LogP contribution in [0.25, 0.3) is 0 Å². The number of carbonyl (C=O) groups excluding carboxylic acids is 2. The van der Waals surface area contributed by atoms with Gasteiger partial charge in [0.15, 0.2) is 0 Å². The van der Waals surface area contributed by atoms with Gasteiger partial charge in [0.2, 0.25) is 0 Å². The van der Waals surface area contributed by atoms with Gasteiger partial charge in [0.25, 0.3) is 0 Å². The fraction of sp³-hybridized carbons (Fsp3) is 0.680. The average Bonchev–Trinajstić information content (AvgIpc) is 2.76. The van der Waals surface area contributed by atoms with Gasteiger partial charge in [-0.15, -0.1) is 0 Å². The van der Waals surface area contributed by atoms with Crippen LogP contribution < -0.4 is 5.32 Å². The fourth-order valence-electron chi connectivity index (χ4n) is 3.57. The molecular formula is C25H41NO5. The molecule has 0 aliphatic heterocycles. The van der Waals surface area contributed by atoms with Crippen molar-refractivity contribution in [2.45, 2.75) is 96.8 Å². The number of anilines is 1. The molecule has 1 amide bonds. The first-order valence-corrected chi connectivity index (χ1v) is 11.9. The van der Waals surface area contributed by atoms with Crippen LogP contribution >= 0.6 is 0 Å².